The van der Waals surface area contributed by atoms with Crippen LogP contribution in [0.4, 0.5) is 0 Å². The van der Waals surface area contributed by atoms with Gasteiger partial charge >= 0.3 is 7.12 Å². The van der Waals surface area contributed by atoms with E-state index in [1.807, 2.05) is 0 Å². The molecule has 0 aliphatic rings. The second-order valence-corrected chi connectivity index (χ2v) is 2.51. The van der Waals surface area contributed by atoms with E-state index in [1.54, 1.807) is 35.3 Å². The molecule has 0 fully saturated rings. The fourth-order valence-electron chi connectivity index (χ4n) is 1.19. The molecule has 0 aromatic carbocycles. The average Bonchev–Trinajstić information content (AvgIpc) is 2.47. The van der Waals surface area contributed by atoms with Crippen molar-refractivity contribution in [2.24, 2.45) is 0 Å². The van der Waals surface area contributed by atoms with Gasteiger partial charge in [-0.25, -0.2) is 0 Å². The highest BCUT2D eigenvalue weighted by Crippen LogP contribution is 1.98. The first-order valence-corrected chi connectivity index (χ1v) is 3.56. The summed E-state index contributed by atoms with van der Waals surface area (Å²) in [6.45, 7) is 0. The molecule has 0 radical (unpaired) electrons. The number of rotatable bonds is 1. The predicted molar refractivity (Wildman–Crippen MR) is 45.0 cm³/mol. The Hall–Kier alpha value is -1.33. The molecule has 4 nitrogen and oxygen atoms in total. The predicted octanol–water partition coefficient (Wildman–Crippen LogP) is -0.986. The smallest absolute Gasteiger partial charge is 0.423 e. The lowest BCUT2D eigenvalue weighted by atomic mass is 9.81. The zero-order chi connectivity index (χ0) is 8.55. The molecule has 0 amide bonds. The number of fused-ring (bicyclic) bond motifs is 1. The summed E-state index contributed by atoms with van der Waals surface area (Å²) >= 11 is 0. The van der Waals surface area contributed by atoms with Gasteiger partial charge in [-0.15, -0.1) is 0 Å². The molecule has 0 bridgehead atoms. The largest absolute Gasteiger partial charge is 0.490 e. The van der Waals surface area contributed by atoms with Crippen molar-refractivity contribution in [3.8, 4) is 0 Å². The van der Waals surface area contributed by atoms with Crippen LogP contribution in [0.15, 0.2) is 30.9 Å². The Bertz CT molecular complexity index is 399. The van der Waals surface area contributed by atoms with E-state index in [2.05, 4.69) is 4.98 Å². The molecule has 0 aliphatic heterocycles. The molecule has 2 heterocycles. The summed E-state index contributed by atoms with van der Waals surface area (Å²) in [6, 6.07) is 1.65. The third kappa shape index (κ3) is 0.994. The van der Waals surface area contributed by atoms with Gasteiger partial charge in [-0.05, 0) is 6.07 Å². The van der Waals surface area contributed by atoms with Crippen LogP contribution in [0.25, 0.3) is 5.52 Å². The van der Waals surface area contributed by atoms with Crippen molar-refractivity contribution >= 4 is 18.1 Å². The van der Waals surface area contributed by atoms with Gasteiger partial charge < -0.3 is 14.4 Å². The Morgan fingerprint density at radius 3 is 2.92 bits per heavy atom. The van der Waals surface area contributed by atoms with E-state index < -0.39 is 7.12 Å². The van der Waals surface area contributed by atoms with E-state index >= 15 is 0 Å². The number of hydrogen-bond donors (Lipinski definition) is 2. The van der Waals surface area contributed by atoms with Crippen molar-refractivity contribution in [1.29, 1.82) is 0 Å². The first kappa shape index (κ1) is 7.33. The molecule has 0 aliphatic carbocycles. The third-order valence-electron chi connectivity index (χ3n) is 1.78. The first-order chi connectivity index (χ1) is 5.79. The quantitative estimate of drug-likeness (QED) is 0.529. The zero-order valence-electron chi connectivity index (χ0n) is 6.25. The molecule has 2 aromatic heterocycles. The van der Waals surface area contributed by atoms with Crippen molar-refractivity contribution < 1.29 is 10.0 Å². The SMILES string of the molecule is OB(O)c1ccn2ccncc12. The Labute approximate surface area is 69.3 Å². The van der Waals surface area contributed by atoms with E-state index in [4.69, 9.17) is 10.0 Å². The van der Waals surface area contributed by atoms with Crippen molar-refractivity contribution in [2.45, 2.75) is 0 Å². The minimum absolute atomic E-state index is 0.475. The molecule has 2 rings (SSSR count). The fourth-order valence-corrected chi connectivity index (χ4v) is 1.19. The van der Waals surface area contributed by atoms with E-state index in [0.29, 0.717) is 11.0 Å². The first-order valence-electron chi connectivity index (χ1n) is 3.56. The molecule has 2 aromatic rings. The van der Waals surface area contributed by atoms with Gasteiger partial charge in [0.05, 0.1) is 11.7 Å². The van der Waals surface area contributed by atoms with Gasteiger partial charge in [0.2, 0.25) is 0 Å². The maximum Gasteiger partial charge on any atom is 0.490 e. The lowest BCUT2D eigenvalue weighted by Gasteiger charge is -1.96. The minimum Gasteiger partial charge on any atom is -0.423 e. The van der Waals surface area contributed by atoms with Gasteiger partial charge in [0.1, 0.15) is 0 Å². The van der Waals surface area contributed by atoms with Crippen LogP contribution in [-0.4, -0.2) is 26.6 Å². The Morgan fingerprint density at radius 1 is 1.33 bits per heavy atom. The second kappa shape index (κ2) is 2.62. The molecule has 0 saturated heterocycles. The highest BCUT2D eigenvalue weighted by Gasteiger charge is 2.14. The van der Waals surface area contributed by atoms with E-state index in [-0.39, 0.29) is 0 Å². The van der Waals surface area contributed by atoms with Crippen LogP contribution < -0.4 is 5.46 Å². The fraction of sp³-hybridized carbons (Fsp3) is 0. The molecule has 12 heavy (non-hydrogen) atoms. The Kier molecular flexibility index (Phi) is 1.60. The van der Waals surface area contributed by atoms with Crippen LogP contribution in [0.3, 0.4) is 0 Å². The monoisotopic (exact) mass is 162 g/mol. The summed E-state index contributed by atoms with van der Waals surface area (Å²) in [5.41, 5.74) is 1.19. The van der Waals surface area contributed by atoms with Crippen molar-refractivity contribution in [2.75, 3.05) is 0 Å². The highest BCUT2D eigenvalue weighted by atomic mass is 16.4. The Balaban J connectivity index is 2.70. The summed E-state index contributed by atoms with van der Waals surface area (Å²) in [6.07, 6.45) is 6.74. The molecule has 0 spiro atoms. The van der Waals surface area contributed by atoms with Gasteiger partial charge in [-0.3, -0.25) is 4.98 Å². The van der Waals surface area contributed by atoms with E-state index in [9.17, 15) is 0 Å². The minimum atomic E-state index is -1.43. The molecule has 0 atom stereocenters. The van der Waals surface area contributed by atoms with Gasteiger partial charge in [0.15, 0.2) is 0 Å². The molecular formula is C7H7BN2O2. The van der Waals surface area contributed by atoms with Gasteiger partial charge in [-0.1, -0.05) is 0 Å². The maximum atomic E-state index is 8.93. The van der Waals surface area contributed by atoms with Crippen LogP contribution in [0.1, 0.15) is 0 Å². The van der Waals surface area contributed by atoms with Gasteiger partial charge in [0.25, 0.3) is 0 Å². The van der Waals surface area contributed by atoms with Crippen LogP contribution >= 0.6 is 0 Å². The molecule has 60 valence electrons. The normalized spacial score (nSPS) is 10.5. The summed E-state index contributed by atoms with van der Waals surface area (Å²) in [5.74, 6) is 0. The highest BCUT2D eigenvalue weighted by molar-refractivity contribution is 6.61. The summed E-state index contributed by atoms with van der Waals surface area (Å²) in [5, 5.41) is 17.9. The lowest BCUT2D eigenvalue weighted by Crippen LogP contribution is -2.29. The standard InChI is InChI=1S/C7H7BN2O2/c11-8(12)6-1-3-10-4-2-9-5-7(6)10/h1-5,11-12H. The third-order valence-corrected chi connectivity index (χ3v) is 1.78. The second-order valence-electron chi connectivity index (χ2n) is 2.51. The zero-order valence-corrected chi connectivity index (χ0v) is 6.25. The maximum absolute atomic E-state index is 8.93. The van der Waals surface area contributed by atoms with Gasteiger partial charge in [0, 0.05) is 24.1 Å². The number of aromatic nitrogens is 2. The number of hydrogen-bond acceptors (Lipinski definition) is 3. The molecule has 0 unspecified atom stereocenters. The van der Waals surface area contributed by atoms with Crippen LogP contribution in [0.5, 0.6) is 0 Å². The van der Waals surface area contributed by atoms with Crippen molar-refractivity contribution in [3.63, 3.8) is 0 Å². The van der Waals surface area contributed by atoms with Crippen LogP contribution in [0.2, 0.25) is 0 Å². The summed E-state index contributed by atoms with van der Waals surface area (Å²) < 4.78 is 1.78. The van der Waals surface area contributed by atoms with E-state index in [0.717, 1.165) is 0 Å². The van der Waals surface area contributed by atoms with Crippen molar-refractivity contribution in [1.82, 2.24) is 9.38 Å². The average molecular weight is 162 g/mol. The van der Waals surface area contributed by atoms with Crippen molar-refractivity contribution in [3.05, 3.63) is 30.9 Å². The van der Waals surface area contributed by atoms with Crippen LogP contribution in [0, 0.1) is 0 Å². The molecular weight excluding hydrogens is 155 g/mol. The molecule has 5 heteroatoms. The van der Waals surface area contributed by atoms with Crippen LogP contribution in [-0.2, 0) is 0 Å². The molecule has 2 N–H and O–H groups in total. The number of nitrogens with zero attached hydrogens (tertiary/aromatic N) is 2. The van der Waals surface area contributed by atoms with E-state index in [1.165, 1.54) is 0 Å². The molecule has 0 saturated carbocycles. The topological polar surface area (TPSA) is 57.8 Å². The lowest BCUT2D eigenvalue weighted by molar-refractivity contribution is 0.426. The van der Waals surface area contributed by atoms with Gasteiger partial charge in [-0.2, -0.15) is 0 Å². The summed E-state index contributed by atoms with van der Waals surface area (Å²) in [7, 11) is -1.43. The Morgan fingerprint density at radius 2 is 2.17 bits per heavy atom. The summed E-state index contributed by atoms with van der Waals surface area (Å²) in [4.78, 5) is 3.89.